The molecule has 9 nitrogen and oxygen atoms in total. The molecule has 0 saturated heterocycles. The van der Waals surface area contributed by atoms with Crippen molar-refractivity contribution in [2.45, 2.75) is 6.92 Å². The van der Waals surface area contributed by atoms with Crippen LogP contribution < -0.4 is 5.32 Å². The van der Waals surface area contributed by atoms with Gasteiger partial charge in [0.15, 0.2) is 0 Å². The van der Waals surface area contributed by atoms with Crippen molar-refractivity contribution in [3.63, 3.8) is 0 Å². The molecular formula is C24H20FN7O2. The van der Waals surface area contributed by atoms with Crippen molar-refractivity contribution in [1.82, 2.24) is 24.3 Å². The van der Waals surface area contributed by atoms with Gasteiger partial charge in [0.25, 0.3) is 0 Å². The van der Waals surface area contributed by atoms with E-state index in [1.54, 1.807) is 23.9 Å². The van der Waals surface area contributed by atoms with Crippen molar-refractivity contribution in [2.24, 2.45) is 14.1 Å². The molecule has 0 amide bonds. The predicted molar refractivity (Wildman–Crippen MR) is 127 cm³/mol. The Morgan fingerprint density at radius 1 is 1.09 bits per heavy atom. The number of halogens is 1. The van der Waals surface area contributed by atoms with E-state index >= 15 is 0 Å². The number of nitrogens with one attached hydrogen (secondary N) is 1. The summed E-state index contributed by atoms with van der Waals surface area (Å²) in [5.74, 6) is -0.630. The first kappa shape index (κ1) is 21.3. The average Bonchev–Trinajstić information content (AvgIpc) is 3.38. The number of hydrogen-bond donors (Lipinski definition) is 1. The van der Waals surface area contributed by atoms with Gasteiger partial charge < -0.3 is 9.88 Å². The second-order valence-electron chi connectivity index (χ2n) is 8.05. The van der Waals surface area contributed by atoms with E-state index < -0.39 is 16.4 Å². The lowest BCUT2D eigenvalue weighted by atomic mass is 10.0. The smallest absolute Gasteiger partial charge is 0.306 e. The summed E-state index contributed by atoms with van der Waals surface area (Å²) in [5, 5.41) is 19.4. The van der Waals surface area contributed by atoms with Gasteiger partial charge in [0.2, 0.25) is 11.8 Å². The van der Waals surface area contributed by atoms with Crippen molar-refractivity contribution in [3.8, 4) is 22.4 Å². The Hall–Kier alpha value is -4.60. The molecule has 170 valence electrons. The number of nitrogens with zero attached hydrogens (tertiary/aromatic N) is 6. The molecule has 1 N–H and O–H groups in total. The van der Waals surface area contributed by atoms with Gasteiger partial charge >= 0.3 is 5.69 Å². The summed E-state index contributed by atoms with van der Waals surface area (Å²) in [4.78, 5) is 19.2. The van der Waals surface area contributed by atoms with Crippen molar-refractivity contribution in [1.29, 1.82) is 0 Å². The quantitative estimate of drug-likeness (QED) is 0.290. The Balaban J connectivity index is 1.52. The SMILES string of the molecule is Cc1cc(F)c([N+](=O)[O-])cc1Nc1nccc(-c2cn(C)c3cc(-c4cnn(C)c4)ccc23)n1. The number of hydrogen-bond acceptors (Lipinski definition) is 6. The maximum Gasteiger partial charge on any atom is 0.306 e. The van der Waals surface area contributed by atoms with Crippen LogP contribution in [0.3, 0.4) is 0 Å². The highest BCUT2D eigenvalue weighted by Gasteiger charge is 2.18. The first-order chi connectivity index (χ1) is 16.3. The topological polar surface area (TPSA) is 104 Å². The Labute approximate surface area is 193 Å². The highest BCUT2D eigenvalue weighted by molar-refractivity contribution is 5.97. The molecule has 3 heterocycles. The zero-order valence-electron chi connectivity index (χ0n) is 18.7. The number of aromatic nitrogens is 5. The summed E-state index contributed by atoms with van der Waals surface area (Å²) in [6, 6.07) is 10.3. The van der Waals surface area contributed by atoms with E-state index in [4.69, 9.17) is 0 Å². The standard InChI is InChI=1S/C24H20FN7O2/c1-14-8-19(25)23(32(33)34)10-21(14)29-24-26-7-6-20(28-24)18-13-30(2)22-9-15(4-5-17(18)22)16-11-27-31(3)12-16/h4-13H,1-3H3,(H,26,28,29). The molecule has 5 rings (SSSR count). The molecule has 3 aromatic heterocycles. The molecule has 0 fully saturated rings. The first-order valence-corrected chi connectivity index (χ1v) is 10.4. The van der Waals surface area contributed by atoms with E-state index in [0.29, 0.717) is 16.9 Å². The van der Waals surface area contributed by atoms with Crippen LogP contribution in [0.15, 0.2) is 61.2 Å². The molecule has 0 atom stereocenters. The number of benzene rings is 2. The lowest BCUT2D eigenvalue weighted by molar-refractivity contribution is -0.387. The van der Waals surface area contributed by atoms with Crippen LogP contribution in [0.25, 0.3) is 33.3 Å². The lowest BCUT2D eigenvalue weighted by Crippen LogP contribution is -2.02. The third-order valence-corrected chi connectivity index (χ3v) is 5.70. The van der Waals surface area contributed by atoms with Crippen molar-refractivity contribution in [2.75, 3.05) is 5.32 Å². The molecule has 0 spiro atoms. The molecule has 5 aromatic rings. The van der Waals surface area contributed by atoms with Gasteiger partial charge in [0, 0.05) is 60.8 Å². The van der Waals surface area contributed by atoms with Crippen molar-refractivity contribution in [3.05, 3.63) is 82.7 Å². The van der Waals surface area contributed by atoms with Crippen molar-refractivity contribution < 1.29 is 9.31 Å². The second-order valence-corrected chi connectivity index (χ2v) is 8.05. The average molecular weight is 457 g/mol. The minimum Gasteiger partial charge on any atom is -0.350 e. The fourth-order valence-electron chi connectivity index (χ4n) is 3.96. The largest absolute Gasteiger partial charge is 0.350 e. The fourth-order valence-corrected chi connectivity index (χ4v) is 3.96. The normalized spacial score (nSPS) is 11.2. The number of rotatable bonds is 5. The van der Waals surface area contributed by atoms with Gasteiger partial charge in [-0.15, -0.1) is 0 Å². The molecule has 34 heavy (non-hydrogen) atoms. The molecule has 2 aromatic carbocycles. The van der Waals surface area contributed by atoms with Gasteiger partial charge in [-0.25, -0.2) is 9.97 Å². The number of aryl methyl sites for hydroxylation is 3. The Morgan fingerprint density at radius 3 is 2.65 bits per heavy atom. The van der Waals surface area contributed by atoms with Crippen LogP contribution in [-0.2, 0) is 14.1 Å². The maximum absolute atomic E-state index is 13.9. The van der Waals surface area contributed by atoms with Crippen molar-refractivity contribution >= 4 is 28.2 Å². The summed E-state index contributed by atoms with van der Waals surface area (Å²) >= 11 is 0. The number of anilines is 2. The van der Waals surface area contributed by atoms with Gasteiger partial charge in [-0.1, -0.05) is 12.1 Å². The molecule has 0 aliphatic carbocycles. The minimum absolute atomic E-state index is 0.255. The Morgan fingerprint density at radius 2 is 1.91 bits per heavy atom. The number of nitro groups is 1. The predicted octanol–water partition coefficient (Wildman–Crippen LogP) is 5.14. The van der Waals surface area contributed by atoms with Gasteiger partial charge in [-0.05, 0) is 36.2 Å². The highest BCUT2D eigenvalue weighted by atomic mass is 19.1. The molecular weight excluding hydrogens is 437 g/mol. The van der Waals surface area contributed by atoms with Crippen LogP contribution in [0.4, 0.5) is 21.7 Å². The van der Waals surface area contributed by atoms with E-state index in [2.05, 4.69) is 32.5 Å². The molecule has 0 unspecified atom stereocenters. The van der Waals surface area contributed by atoms with Crippen LogP contribution >= 0.6 is 0 Å². The minimum atomic E-state index is -0.885. The van der Waals surface area contributed by atoms with Gasteiger partial charge in [-0.2, -0.15) is 9.49 Å². The van der Waals surface area contributed by atoms with Crippen LogP contribution in [0, 0.1) is 22.9 Å². The highest BCUT2D eigenvalue weighted by Crippen LogP contribution is 2.33. The third-order valence-electron chi connectivity index (χ3n) is 5.70. The van der Waals surface area contributed by atoms with E-state index in [9.17, 15) is 14.5 Å². The van der Waals surface area contributed by atoms with Gasteiger partial charge in [-0.3, -0.25) is 14.8 Å². The summed E-state index contributed by atoms with van der Waals surface area (Å²) in [6.07, 6.45) is 7.41. The molecule has 0 radical (unpaired) electrons. The first-order valence-electron chi connectivity index (χ1n) is 10.4. The molecule has 10 heteroatoms. The molecule has 0 aliphatic heterocycles. The molecule has 0 saturated carbocycles. The lowest BCUT2D eigenvalue weighted by Gasteiger charge is -2.09. The monoisotopic (exact) mass is 457 g/mol. The van der Waals surface area contributed by atoms with Crippen LogP contribution in [-0.4, -0.2) is 29.2 Å². The van der Waals surface area contributed by atoms with E-state index in [1.807, 2.05) is 43.3 Å². The Kier molecular flexibility index (Phi) is 5.05. The zero-order chi connectivity index (χ0) is 24.0. The van der Waals surface area contributed by atoms with Gasteiger partial charge in [0.1, 0.15) is 0 Å². The van der Waals surface area contributed by atoms with E-state index in [-0.39, 0.29) is 5.95 Å². The zero-order valence-corrected chi connectivity index (χ0v) is 18.7. The van der Waals surface area contributed by atoms with Gasteiger partial charge in [0.05, 0.1) is 22.5 Å². The Bertz CT molecular complexity index is 1570. The number of nitro benzene ring substituents is 1. The van der Waals surface area contributed by atoms with Crippen LogP contribution in [0.5, 0.6) is 0 Å². The number of fused-ring (bicyclic) bond motifs is 1. The van der Waals surface area contributed by atoms with Crippen LogP contribution in [0.1, 0.15) is 5.56 Å². The molecule has 0 bridgehead atoms. The third kappa shape index (κ3) is 3.75. The summed E-state index contributed by atoms with van der Waals surface area (Å²) in [7, 11) is 3.86. The fraction of sp³-hybridized carbons (Fsp3) is 0.125. The summed E-state index contributed by atoms with van der Waals surface area (Å²) < 4.78 is 17.7. The van der Waals surface area contributed by atoms with E-state index in [1.165, 1.54) is 0 Å². The second kappa shape index (κ2) is 8.07. The summed E-state index contributed by atoms with van der Waals surface area (Å²) in [6.45, 7) is 1.66. The van der Waals surface area contributed by atoms with Crippen LogP contribution in [0.2, 0.25) is 0 Å². The van der Waals surface area contributed by atoms with E-state index in [0.717, 1.165) is 39.7 Å². The molecule has 0 aliphatic rings. The maximum atomic E-state index is 13.9. The summed E-state index contributed by atoms with van der Waals surface area (Å²) in [5.41, 5.74) is 5.00.